The molecule has 0 spiro atoms. The van der Waals surface area contributed by atoms with E-state index in [0.29, 0.717) is 5.41 Å². The molecule has 0 atom stereocenters. The maximum atomic E-state index is 3.16. The van der Waals surface area contributed by atoms with Gasteiger partial charge in [0, 0.05) is 10.8 Å². The van der Waals surface area contributed by atoms with Crippen molar-refractivity contribution in [1.82, 2.24) is 0 Å². The quantitative estimate of drug-likeness (QED) is 0.179. The first-order valence-electron chi connectivity index (χ1n) is 17.7. The van der Waals surface area contributed by atoms with E-state index in [1.807, 2.05) is 6.07 Å². The standard InChI is InChI=1S/C31H37.C9H13.C7H6.2ClH.Zr/c1-28(2,3)26-16-30(7,8)24-12-18-11-19-13-25-23(15-21(19)20(18)14-22(24)26)27(29(4,5)6)17-31(25,9)10;1-9(2,3)8-6-4-5-7-8;1-7-5-3-2-4-6-7;;;/h11-17H,1-10H3;6-7H,4H2,1-3H3;1-6H;2*1H;/q2*-1;;;;+2/p-2. The number of fused-ring (bicyclic) bond motifs is 5. The molecule has 0 saturated carbocycles. The van der Waals surface area contributed by atoms with Gasteiger partial charge in [-0.25, -0.2) is 6.08 Å². The Balaban J connectivity index is 0.000000293. The van der Waals surface area contributed by atoms with Gasteiger partial charge >= 0.3 is 63.8 Å². The van der Waals surface area contributed by atoms with Gasteiger partial charge in [-0.2, -0.15) is 11.6 Å². The Morgan fingerprint density at radius 3 is 1.40 bits per heavy atom. The van der Waals surface area contributed by atoms with Gasteiger partial charge in [0.1, 0.15) is 0 Å². The Labute approximate surface area is 331 Å². The molecule has 0 bridgehead atoms. The van der Waals surface area contributed by atoms with E-state index in [2.05, 4.69) is 179 Å². The first-order chi connectivity index (χ1) is 22.1. The maximum absolute atomic E-state index is 3.16. The molecule has 3 aliphatic carbocycles. The summed E-state index contributed by atoms with van der Waals surface area (Å²) in [6.07, 6.45) is 13.5. The Hall–Kier alpha value is -2.18. The van der Waals surface area contributed by atoms with E-state index in [1.165, 1.54) is 90.3 Å². The molecule has 0 unspecified atom stereocenters. The van der Waals surface area contributed by atoms with Crippen LogP contribution in [-0.2, 0) is 35.1 Å². The number of hydrogen-bond donors (Lipinski definition) is 0. The normalized spacial score (nSPS) is 16.8. The summed E-state index contributed by atoms with van der Waals surface area (Å²) in [5, 5.41) is 5.58. The fourth-order valence-corrected chi connectivity index (χ4v) is 7.83. The van der Waals surface area contributed by atoms with Crippen LogP contribution >= 0.6 is 0 Å². The van der Waals surface area contributed by atoms with E-state index in [0.717, 1.165) is 6.42 Å². The third-order valence-electron chi connectivity index (χ3n) is 10.1. The van der Waals surface area contributed by atoms with Gasteiger partial charge in [0.2, 0.25) is 0 Å². The summed E-state index contributed by atoms with van der Waals surface area (Å²) in [4.78, 5) is 0. The number of allylic oxidation sites excluding steroid dienone is 8. The van der Waals surface area contributed by atoms with Crippen molar-refractivity contribution in [3.05, 3.63) is 124 Å². The Morgan fingerprint density at radius 1 is 0.660 bits per heavy atom. The Bertz CT molecular complexity index is 1880. The fourth-order valence-electron chi connectivity index (χ4n) is 7.36. The van der Waals surface area contributed by atoms with Crippen molar-refractivity contribution in [2.75, 3.05) is 0 Å². The van der Waals surface area contributed by atoms with Crippen molar-refractivity contribution in [1.29, 1.82) is 0 Å². The molecular weight excluding hydrogens is 727 g/mol. The molecule has 0 amide bonds. The van der Waals surface area contributed by atoms with Crippen molar-refractivity contribution in [2.45, 2.75) is 107 Å². The molecule has 3 heteroatoms. The fraction of sp³-hybridized carbons (Fsp3) is 0.404. The van der Waals surface area contributed by atoms with Crippen LogP contribution in [0.1, 0.15) is 124 Å². The predicted molar refractivity (Wildman–Crippen MR) is 210 cm³/mol. The summed E-state index contributed by atoms with van der Waals surface area (Å²) in [7, 11) is 0. The number of rotatable bonds is 1. The second kappa shape index (κ2) is 15.1. The van der Waals surface area contributed by atoms with E-state index in [1.54, 1.807) is 0 Å². The van der Waals surface area contributed by atoms with Crippen LogP contribution in [0.2, 0.25) is 0 Å². The van der Waals surface area contributed by atoms with Crippen LogP contribution in [0.5, 0.6) is 0 Å². The summed E-state index contributed by atoms with van der Waals surface area (Å²) >= 11 is 1.46. The molecule has 4 aromatic carbocycles. The topological polar surface area (TPSA) is 0 Å². The van der Waals surface area contributed by atoms with Crippen LogP contribution in [0.4, 0.5) is 0 Å². The zero-order valence-electron chi connectivity index (χ0n) is 32.6. The summed E-state index contributed by atoms with van der Waals surface area (Å²) < 4.78 is 2.17. The average Bonchev–Trinajstić information content (AvgIpc) is 3.76. The second-order valence-electron chi connectivity index (χ2n) is 18.2. The van der Waals surface area contributed by atoms with Gasteiger partial charge in [0.15, 0.2) is 0 Å². The van der Waals surface area contributed by atoms with Crippen molar-refractivity contribution in [3.63, 3.8) is 0 Å². The monoisotopic (exact) mass is 780 g/mol. The summed E-state index contributed by atoms with van der Waals surface area (Å²) in [5.74, 6) is 0. The molecule has 3 aliphatic rings. The van der Waals surface area contributed by atoms with Crippen LogP contribution in [0.15, 0.2) is 90.5 Å². The molecule has 0 heterocycles. The van der Waals surface area contributed by atoms with Crippen molar-refractivity contribution >= 4 is 36.4 Å². The SMILES string of the molecule is CC(C)(C)C1=CC(C)(C)c2cc3[cH-]c4cc5c(cc4c3cc21)C(C(C)(C)C)=CC5(C)C.CC(C)(C)C1=CC[C-]=C1.[Cl-].[Cl-].[Zr+2]=[CH]c1ccccc1. The zero-order valence-corrected chi connectivity index (χ0v) is 36.6. The number of hydrogen-bond acceptors (Lipinski definition) is 0. The minimum absolute atomic E-state index is 0. The minimum atomic E-state index is 0. The molecule has 0 aliphatic heterocycles. The van der Waals surface area contributed by atoms with Crippen molar-refractivity contribution in [3.8, 4) is 0 Å². The van der Waals surface area contributed by atoms with Gasteiger partial charge in [-0.3, -0.25) is 6.08 Å². The third kappa shape index (κ3) is 8.71. The molecule has 4 aromatic rings. The average molecular weight is 783 g/mol. The van der Waals surface area contributed by atoms with Crippen LogP contribution in [0.25, 0.3) is 32.7 Å². The van der Waals surface area contributed by atoms with E-state index in [4.69, 9.17) is 0 Å². The Morgan fingerprint density at radius 2 is 1.10 bits per heavy atom. The molecule has 0 radical (unpaired) electrons. The molecule has 0 fully saturated rings. The summed E-state index contributed by atoms with van der Waals surface area (Å²) in [5.41, 5.74) is 12.3. The van der Waals surface area contributed by atoms with Crippen molar-refractivity contribution < 1.29 is 49.0 Å². The molecule has 7 rings (SSSR count). The van der Waals surface area contributed by atoms with Gasteiger partial charge in [-0.1, -0.05) is 131 Å². The molecule has 0 saturated heterocycles. The molecule has 0 aromatic heterocycles. The van der Waals surface area contributed by atoms with Gasteiger partial charge in [0.25, 0.3) is 0 Å². The van der Waals surface area contributed by atoms with E-state index < -0.39 is 0 Å². The van der Waals surface area contributed by atoms with E-state index in [-0.39, 0.29) is 46.5 Å². The number of halogens is 2. The third-order valence-corrected chi connectivity index (χ3v) is 10.9. The van der Waals surface area contributed by atoms with Crippen LogP contribution in [0.3, 0.4) is 0 Å². The van der Waals surface area contributed by atoms with E-state index >= 15 is 0 Å². The molecular formula is C47H56Cl2Zr-2. The van der Waals surface area contributed by atoms with E-state index in [9.17, 15) is 0 Å². The number of benzene rings is 3. The van der Waals surface area contributed by atoms with Gasteiger partial charge in [-0.15, -0.1) is 46.2 Å². The van der Waals surface area contributed by atoms with Crippen LogP contribution in [0, 0.1) is 22.3 Å². The van der Waals surface area contributed by atoms with Crippen LogP contribution in [-0.4, -0.2) is 3.71 Å². The summed E-state index contributed by atoms with van der Waals surface area (Å²) in [6, 6.07) is 22.7. The van der Waals surface area contributed by atoms with Crippen molar-refractivity contribution in [2.24, 2.45) is 16.2 Å². The zero-order chi connectivity index (χ0) is 35.4. The molecule has 0 N–H and O–H groups in total. The van der Waals surface area contributed by atoms with Gasteiger partial charge < -0.3 is 24.8 Å². The van der Waals surface area contributed by atoms with Crippen LogP contribution < -0.4 is 24.8 Å². The first-order valence-corrected chi connectivity index (χ1v) is 19.1. The van der Waals surface area contributed by atoms with Gasteiger partial charge in [-0.05, 0) is 33.1 Å². The summed E-state index contributed by atoms with van der Waals surface area (Å²) in [6.45, 7) is 30.1. The predicted octanol–water partition coefficient (Wildman–Crippen LogP) is 7.27. The second-order valence-corrected chi connectivity index (χ2v) is 18.9. The molecule has 50 heavy (non-hydrogen) atoms. The molecule has 264 valence electrons. The first kappa shape index (κ1) is 42.2. The Kier molecular flexibility index (Phi) is 12.7. The molecule has 0 nitrogen and oxygen atoms in total. The van der Waals surface area contributed by atoms with Gasteiger partial charge in [0.05, 0.1) is 0 Å².